The van der Waals surface area contributed by atoms with Crippen molar-refractivity contribution in [1.82, 2.24) is 9.78 Å². The highest BCUT2D eigenvalue weighted by Crippen LogP contribution is 2.23. The summed E-state index contributed by atoms with van der Waals surface area (Å²) in [4.78, 5) is 0. The Labute approximate surface area is 95.7 Å². The minimum Gasteiger partial charge on any atom is -0.319 e. The summed E-state index contributed by atoms with van der Waals surface area (Å²) in [5, 5.41) is 3.99. The van der Waals surface area contributed by atoms with Crippen LogP contribution in [-0.4, -0.2) is 9.78 Å². The molecule has 1 aromatic carbocycles. The Balaban J connectivity index is 2.44. The predicted molar refractivity (Wildman–Crippen MR) is 55.6 cm³/mol. The van der Waals surface area contributed by atoms with Crippen LogP contribution >= 0.6 is 0 Å². The van der Waals surface area contributed by atoms with Gasteiger partial charge in [-0.25, -0.2) is 13.2 Å². The summed E-state index contributed by atoms with van der Waals surface area (Å²) in [6.07, 6.45) is 1.63. The molecule has 0 amide bonds. The van der Waals surface area contributed by atoms with Crippen molar-refractivity contribution in [3.8, 4) is 0 Å². The van der Waals surface area contributed by atoms with E-state index in [1.54, 1.807) is 19.3 Å². The number of benzene rings is 1. The summed E-state index contributed by atoms with van der Waals surface area (Å²) in [5.41, 5.74) is 6.01. The molecule has 0 saturated heterocycles. The average molecular weight is 241 g/mol. The lowest BCUT2D eigenvalue weighted by Crippen LogP contribution is -2.16. The molecule has 1 heterocycles. The third kappa shape index (κ3) is 2.03. The van der Waals surface area contributed by atoms with E-state index < -0.39 is 23.5 Å². The number of nitrogens with zero attached hydrogens (tertiary/aromatic N) is 2. The molecule has 0 bridgehead atoms. The van der Waals surface area contributed by atoms with Crippen molar-refractivity contribution in [2.45, 2.75) is 6.04 Å². The predicted octanol–water partition coefficient (Wildman–Crippen LogP) is 1.89. The van der Waals surface area contributed by atoms with E-state index in [4.69, 9.17) is 5.73 Å². The normalized spacial score (nSPS) is 12.8. The number of aryl methyl sites for hydroxylation is 1. The van der Waals surface area contributed by atoms with Gasteiger partial charge in [0.2, 0.25) is 0 Å². The maximum absolute atomic E-state index is 13.5. The molecule has 90 valence electrons. The van der Waals surface area contributed by atoms with Crippen LogP contribution in [0.3, 0.4) is 0 Å². The molecule has 1 unspecified atom stereocenters. The molecule has 0 aliphatic rings. The molecule has 0 spiro atoms. The standard InChI is InChI=1S/C11H10F3N3/c1-17-5-4-8(16-17)11(15)6-2-3-7(12)10(14)9(6)13/h2-5,11H,15H2,1H3. The molecule has 0 radical (unpaired) electrons. The van der Waals surface area contributed by atoms with Gasteiger partial charge in [0.05, 0.1) is 11.7 Å². The number of aromatic nitrogens is 2. The van der Waals surface area contributed by atoms with E-state index in [9.17, 15) is 13.2 Å². The topological polar surface area (TPSA) is 43.8 Å². The molecule has 1 atom stereocenters. The van der Waals surface area contributed by atoms with Crippen LogP contribution in [0.4, 0.5) is 13.2 Å². The second-order valence-electron chi connectivity index (χ2n) is 3.66. The third-order valence-corrected chi connectivity index (χ3v) is 2.45. The van der Waals surface area contributed by atoms with Crippen LogP contribution in [0.5, 0.6) is 0 Å². The van der Waals surface area contributed by atoms with Crippen molar-refractivity contribution in [1.29, 1.82) is 0 Å². The number of halogens is 3. The van der Waals surface area contributed by atoms with E-state index in [0.717, 1.165) is 12.1 Å². The van der Waals surface area contributed by atoms with Gasteiger partial charge in [0.1, 0.15) is 0 Å². The fraction of sp³-hybridized carbons (Fsp3) is 0.182. The lowest BCUT2D eigenvalue weighted by atomic mass is 10.0. The number of hydrogen-bond acceptors (Lipinski definition) is 2. The second-order valence-corrected chi connectivity index (χ2v) is 3.66. The third-order valence-electron chi connectivity index (χ3n) is 2.45. The zero-order valence-electron chi connectivity index (χ0n) is 8.99. The molecule has 2 N–H and O–H groups in total. The van der Waals surface area contributed by atoms with Gasteiger partial charge in [0.25, 0.3) is 0 Å². The maximum atomic E-state index is 13.5. The zero-order valence-corrected chi connectivity index (χ0v) is 8.99. The van der Waals surface area contributed by atoms with Crippen molar-refractivity contribution in [3.63, 3.8) is 0 Å². The van der Waals surface area contributed by atoms with Gasteiger partial charge in [-0.3, -0.25) is 4.68 Å². The molecule has 0 fully saturated rings. The van der Waals surface area contributed by atoms with Crippen molar-refractivity contribution in [3.05, 3.63) is 53.1 Å². The number of rotatable bonds is 2. The van der Waals surface area contributed by atoms with Gasteiger partial charge in [-0.1, -0.05) is 6.07 Å². The molecule has 1 aromatic heterocycles. The van der Waals surface area contributed by atoms with Crippen LogP contribution in [-0.2, 0) is 7.05 Å². The number of nitrogens with two attached hydrogens (primary N) is 1. The van der Waals surface area contributed by atoms with Crippen LogP contribution < -0.4 is 5.73 Å². The van der Waals surface area contributed by atoms with Gasteiger partial charge in [0, 0.05) is 18.8 Å². The van der Waals surface area contributed by atoms with Gasteiger partial charge in [0.15, 0.2) is 17.5 Å². The average Bonchev–Trinajstić information content (AvgIpc) is 2.72. The van der Waals surface area contributed by atoms with Crippen molar-refractivity contribution in [2.24, 2.45) is 12.8 Å². The lowest BCUT2D eigenvalue weighted by Gasteiger charge is -2.11. The highest BCUT2D eigenvalue weighted by molar-refractivity contribution is 5.29. The van der Waals surface area contributed by atoms with Crippen LogP contribution in [0.15, 0.2) is 24.4 Å². The molecule has 2 rings (SSSR count). The molecular weight excluding hydrogens is 231 g/mol. The Bertz CT molecular complexity index is 551. The SMILES string of the molecule is Cn1ccc(C(N)c2ccc(F)c(F)c2F)n1. The minimum atomic E-state index is -1.52. The first-order chi connectivity index (χ1) is 8.00. The van der Waals surface area contributed by atoms with Gasteiger partial charge in [-0.05, 0) is 12.1 Å². The van der Waals surface area contributed by atoms with Crippen LogP contribution in [0.2, 0.25) is 0 Å². The molecule has 2 aromatic rings. The quantitative estimate of drug-likeness (QED) is 0.816. The first-order valence-corrected chi connectivity index (χ1v) is 4.89. The van der Waals surface area contributed by atoms with E-state index in [1.165, 1.54) is 4.68 Å². The van der Waals surface area contributed by atoms with Gasteiger partial charge >= 0.3 is 0 Å². The molecule has 17 heavy (non-hydrogen) atoms. The fourth-order valence-corrected chi connectivity index (χ4v) is 1.54. The first-order valence-electron chi connectivity index (χ1n) is 4.89. The fourth-order valence-electron chi connectivity index (χ4n) is 1.54. The van der Waals surface area contributed by atoms with Crippen LogP contribution in [0, 0.1) is 17.5 Å². The van der Waals surface area contributed by atoms with Crippen molar-refractivity contribution < 1.29 is 13.2 Å². The minimum absolute atomic E-state index is 0.123. The van der Waals surface area contributed by atoms with E-state index in [1.807, 2.05) is 0 Å². The Morgan fingerprint density at radius 1 is 1.18 bits per heavy atom. The summed E-state index contributed by atoms with van der Waals surface area (Å²) >= 11 is 0. The van der Waals surface area contributed by atoms with Gasteiger partial charge in [-0.15, -0.1) is 0 Å². The van der Waals surface area contributed by atoms with Crippen molar-refractivity contribution >= 4 is 0 Å². The Morgan fingerprint density at radius 3 is 2.47 bits per heavy atom. The summed E-state index contributed by atoms with van der Waals surface area (Å²) in [6, 6.07) is 2.63. The van der Waals surface area contributed by atoms with Crippen molar-refractivity contribution in [2.75, 3.05) is 0 Å². The highest BCUT2D eigenvalue weighted by Gasteiger charge is 2.20. The summed E-state index contributed by atoms with van der Waals surface area (Å²) in [6.45, 7) is 0. The molecular formula is C11H10F3N3. The van der Waals surface area contributed by atoms with Crippen LogP contribution in [0.25, 0.3) is 0 Å². The number of hydrogen-bond donors (Lipinski definition) is 1. The molecule has 0 saturated carbocycles. The molecule has 6 heteroatoms. The monoisotopic (exact) mass is 241 g/mol. The molecule has 3 nitrogen and oxygen atoms in total. The highest BCUT2D eigenvalue weighted by atomic mass is 19.2. The smallest absolute Gasteiger partial charge is 0.194 e. The second kappa shape index (κ2) is 4.21. The van der Waals surface area contributed by atoms with E-state index >= 15 is 0 Å². The van der Waals surface area contributed by atoms with Gasteiger partial charge in [-0.2, -0.15) is 5.10 Å². The van der Waals surface area contributed by atoms with Crippen LogP contribution in [0.1, 0.15) is 17.3 Å². The van der Waals surface area contributed by atoms with Gasteiger partial charge < -0.3 is 5.73 Å². The Kier molecular flexibility index (Phi) is 2.89. The maximum Gasteiger partial charge on any atom is 0.194 e. The largest absolute Gasteiger partial charge is 0.319 e. The lowest BCUT2D eigenvalue weighted by molar-refractivity contribution is 0.438. The summed E-state index contributed by atoms with van der Waals surface area (Å²) < 4.78 is 40.8. The Hall–Kier alpha value is -1.82. The van der Waals surface area contributed by atoms with E-state index in [2.05, 4.69) is 5.10 Å². The van der Waals surface area contributed by atoms with E-state index in [0.29, 0.717) is 5.69 Å². The van der Waals surface area contributed by atoms with E-state index in [-0.39, 0.29) is 5.56 Å². The summed E-state index contributed by atoms with van der Waals surface area (Å²) in [7, 11) is 1.68. The zero-order chi connectivity index (χ0) is 12.6. The first kappa shape index (κ1) is 11.7. The molecule has 0 aliphatic heterocycles. The molecule has 0 aliphatic carbocycles. The Morgan fingerprint density at radius 2 is 1.88 bits per heavy atom. The summed E-state index contributed by atoms with van der Waals surface area (Å²) in [5.74, 6) is -4.03.